The molecule has 1 rings (SSSR count). The van der Waals surface area contributed by atoms with Crippen molar-refractivity contribution in [2.24, 2.45) is 0 Å². The maximum absolute atomic E-state index is 13.0. The highest BCUT2D eigenvalue weighted by Gasteiger charge is 2.16. The van der Waals surface area contributed by atoms with E-state index in [1.165, 1.54) is 24.3 Å². The van der Waals surface area contributed by atoms with E-state index >= 15 is 0 Å². The van der Waals surface area contributed by atoms with Crippen molar-refractivity contribution in [2.45, 2.75) is 32.8 Å². The van der Waals surface area contributed by atoms with Crippen LogP contribution in [0.25, 0.3) is 6.08 Å². The fraction of sp³-hybridized carbons (Fsp3) is 0.421. The summed E-state index contributed by atoms with van der Waals surface area (Å²) in [6, 6.07) is 5.90. The molecule has 0 aliphatic heterocycles. The van der Waals surface area contributed by atoms with Crippen LogP contribution in [0.1, 0.15) is 32.8 Å². The maximum atomic E-state index is 13.0. The van der Waals surface area contributed by atoms with Crippen LogP contribution in [0.2, 0.25) is 0 Å². The largest absolute Gasteiger partial charge is 0.444 e. The fourth-order valence-electron chi connectivity index (χ4n) is 1.90. The molecule has 0 fully saturated rings. The minimum absolute atomic E-state index is 0.183. The molecule has 0 aromatic heterocycles. The van der Waals surface area contributed by atoms with Gasteiger partial charge in [-0.25, -0.2) is 9.18 Å². The summed E-state index contributed by atoms with van der Waals surface area (Å²) in [6.07, 6.45) is 2.70. The van der Waals surface area contributed by atoms with Crippen molar-refractivity contribution in [3.8, 4) is 0 Å². The van der Waals surface area contributed by atoms with Crippen molar-refractivity contribution >= 4 is 24.0 Å². The van der Waals surface area contributed by atoms with Crippen molar-refractivity contribution in [3.05, 3.63) is 41.7 Å². The van der Waals surface area contributed by atoms with Crippen molar-refractivity contribution in [3.63, 3.8) is 0 Å². The first-order chi connectivity index (χ1) is 12.7. The Labute approximate surface area is 158 Å². The Morgan fingerprint density at radius 2 is 1.81 bits per heavy atom. The van der Waals surface area contributed by atoms with Gasteiger partial charge in [0.1, 0.15) is 11.4 Å². The maximum Gasteiger partial charge on any atom is 0.408 e. The molecule has 3 N–H and O–H groups in total. The molecule has 0 heterocycles. The second kappa shape index (κ2) is 10.9. The van der Waals surface area contributed by atoms with E-state index in [0.717, 1.165) is 0 Å². The molecule has 0 aliphatic carbocycles. The first kappa shape index (κ1) is 22.1. The zero-order chi connectivity index (χ0) is 20.3. The van der Waals surface area contributed by atoms with E-state index in [-0.39, 0.29) is 24.2 Å². The molecule has 0 aliphatic rings. The second-order valence-electron chi connectivity index (χ2n) is 6.74. The summed E-state index contributed by atoms with van der Waals surface area (Å²) in [4.78, 5) is 34.6. The topological polar surface area (TPSA) is 96.5 Å². The normalized spacial score (nSPS) is 11.1. The van der Waals surface area contributed by atoms with Crippen molar-refractivity contribution in [1.82, 2.24) is 16.0 Å². The Morgan fingerprint density at radius 1 is 1.11 bits per heavy atom. The summed E-state index contributed by atoms with van der Waals surface area (Å²) < 4.78 is 18.0. The number of nitrogens with one attached hydrogen (secondary N) is 3. The lowest BCUT2D eigenvalue weighted by atomic mass is 10.2. The van der Waals surface area contributed by atoms with E-state index in [4.69, 9.17) is 4.74 Å². The zero-order valence-electron chi connectivity index (χ0n) is 15.8. The molecule has 0 bridgehead atoms. The molecule has 1 aromatic rings. The van der Waals surface area contributed by atoms with E-state index in [1.54, 1.807) is 32.9 Å². The predicted molar refractivity (Wildman–Crippen MR) is 100 cm³/mol. The van der Waals surface area contributed by atoms with Crippen LogP contribution in [0, 0.1) is 5.82 Å². The molecule has 0 saturated carbocycles. The van der Waals surface area contributed by atoms with Gasteiger partial charge in [-0.15, -0.1) is 0 Å². The third kappa shape index (κ3) is 11.4. The number of carbonyl (C=O) groups is 3. The Hall–Kier alpha value is -2.90. The van der Waals surface area contributed by atoms with Gasteiger partial charge in [-0.1, -0.05) is 12.1 Å². The van der Waals surface area contributed by atoms with Crippen LogP contribution in [-0.4, -0.2) is 43.1 Å². The molecular weight excluding hydrogens is 353 g/mol. The third-order valence-electron chi connectivity index (χ3n) is 3.04. The van der Waals surface area contributed by atoms with Gasteiger partial charge in [0.2, 0.25) is 11.8 Å². The number of benzene rings is 1. The number of amides is 3. The van der Waals surface area contributed by atoms with Crippen LogP contribution in [-0.2, 0) is 14.3 Å². The second-order valence-corrected chi connectivity index (χ2v) is 6.74. The van der Waals surface area contributed by atoms with Gasteiger partial charge < -0.3 is 20.7 Å². The van der Waals surface area contributed by atoms with E-state index < -0.39 is 11.7 Å². The van der Waals surface area contributed by atoms with E-state index in [0.29, 0.717) is 25.1 Å². The number of rotatable bonds is 8. The minimum atomic E-state index is -0.657. The summed E-state index contributed by atoms with van der Waals surface area (Å²) >= 11 is 0. The standard InChI is InChI=1S/C19H26FN3O4/c1-19(2,3)27-18(26)23-13-17(25)22-11-5-10-21-16(24)9-8-14-6-4-7-15(20)12-14/h4,6-9,12H,5,10-11,13H2,1-3H3,(H,21,24)(H,22,25)(H,23,26)/b9-8+. The van der Waals surface area contributed by atoms with Crippen LogP contribution in [0.3, 0.4) is 0 Å². The van der Waals surface area contributed by atoms with Crippen LogP contribution in [0.4, 0.5) is 9.18 Å². The molecule has 3 amide bonds. The first-order valence-electron chi connectivity index (χ1n) is 8.61. The monoisotopic (exact) mass is 379 g/mol. The Morgan fingerprint density at radius 3 is 2.48 bits per heavy atom. The van der Waals surface area contributed by atoms with E-state index in [2.05, 4.69) is 16.0 Å². The molecule has 27 heavy (non-hydrogen) atoms. The highest BCUT2D eigenvalue weighted by atomic mass is 19.1. The van der Waals surface area contributed by atoms with Crippen LogP contribution >= 0.6 is 0 Å². The first-order valence-corrected chi connectivity index (χ1v) is 8.61. The molecule has 0 saturated heterocycles. The lowest BCUT2D eigenvalue weighted by Gasteiger charge is -2.19. The van der Waals surface area contributed by atoms with Crippen LogP contribution < -0.4 is 16.0 Å². The van der Waals surface area contributed by atoms with Gasteiger partial charge in [0.25, 0.3) is 0 Å². The number of alkyl carbamates (subject to hydrolysis) is 1. The summed E-state index contributed by atoms with van der Waals surface area (Å²) in [7, 11) is 0. The predicted octanol–water partition coefficient (Wildman–Crippen LogP) is 1.99. The third-order valence-corrected chi connectivity index (χ3v) is 3.04. The lowest BCUT2D eigenvalue weighted by Crippen LogP contribution is -2.40. The summed E-state index contributed by atoms with van der Waals surface area (Å²) in [5.41, 5.74) is -0.0306. The lowest BCUT2D eigenvalue weighted by molar-refractivity contribution is -0.120. The Balaban J connectivity index is 2.13. The van der Waals surface area contributed by atoms with Crippen LogP contribution in [0.15, 0.2) is 30.3 Å². The molecule has 0 atom stereocenters. The van der Waals surface area contributed by atoms with Gasteiger partial charge >= 0.3 is 6.09 Å². The summed E-state index contributed by atoms with van der Waals surface area (Å²) in [6.45, 7) is 5.73. The molecule has 0 radical (unpaired) electrons. The fourth-order valence-corrected chi connectivity index (χ4v) is 1.90. The van der Waals surface area contributed by atoms with Gasteiger partial charge in [0.05, 0.1) is 6.54 Å². The van der Waals surface area contributed by atoms with E-state index in [1.807, 2.05) is 0 Å². The highest BCUT2D eigenvalue weighted by molar-refractivity contribution is 5.91. The number of hydrogen-bond acceptors (Lipinski definition) is 4. The summed E-state index contributed by atoms with van der Waals surface area (Å²) in [5.74, 6) is -1.02. The molecule has 7 nitrogen and oxygen atoms in total. The van der Waals surface area contributed by atoms with Gasteiger partial charge in [-0.05, 0) is 51.0 Å². The van der Waals surface area contributed by atoms with E-state index in [9.17, 15) is 18.8 Å². The van der Waals surface area contributed by atoms with Gasteiger partial charge in [-0.2, -0.15) is 0 Å². The van der Waals surface area contributed by atoms with Gasteiger partial charge in [0.15, 0.2) is 0 Å². The summed E-state index contributed by atoms with van der Waals surface area (Å²) in [5, 5.41) is 7.63. The van der Waals surface area contributed by atoms with Crippen molar-refractivity contribution in [2.75, 3.05) is 19.6 Å². The van der Waals surface area contributed by atoms with Gasteiger partial charge in [-0.3, -0.25) is 9.59 Å². The quantitative estimate of drug-likeness (QED) is 0.475. The Kier molecular flexibility index (Phi) is 8.98. The molecule has 0 spiro atoms. The number of carbonyl (C=O) groups excluding carboxylic acids is 3. The van der Waals surface area contributed by atoms with Crippen molar-refractivity contribution < 1.29 is 23.5 Å². The number of ether oxygens (including phenoxy) is 1. The van der Waals surface area contributed by atoms with Gasteiger partial charge in [0, 0.05) is 19.2 Å². The van der Waals surface area contributed by atoms with Crippen molar-refractivity contribution in [1.29, 1.82) is 0 Å². The average molecular weight is 379 g/mol. The Bertz CT molecular complexity index is 684. The minimum Gasteiger partial charge on any atom is -0.444 e. The number of halogens is 1. The average Bonchev–Trinajstić information content (AvgIpc) is 2.56. The molecular formula is C19H26FN3O4. The van der Waals surface area contributed by atoms with Crippen LogP contribution in [0.5, 0.6) is 0 Å². The smallest absolute Gasteiger partial charge is 0.408 e. The molecule has 1 aromatic carbocycles. The number of hydrogen-bond donors (Lipinski definition) is 3. The SMILES string of the molecule is CC(C)(C)OC(=O)NCC(=O)NCCCNC(=O)/C=C/c1cccc(F)c1. The highest BCUT2D eigenvalue weighted by Crippen LogP contribution is 2.06. The molecule has 8 heteroatoms. The molecule has 148 valence electrons. The zero-order valence-corrected chi connectivity index (χ0v) is 15.8. The molecule has 0 unspecified atom stereocenters.